The second-order valence-electron chi connectivity index (χ2n) is 18.4. The Kier molecular flexibility index (Phi) is 10.3. The predicted octanol–water partition coefficient (Wildman–Crippen LogP) is 5.68. The van der Waals surface area contributed by atoms with Gasteiger partial charge >= 0.3 is 5.97 Å². The van der Waals surface area contributed by atoms with Crippen molar-refractivity contribution in [2.24, 2.45) is 34.5 Å². The third-order valence-electron chi connectivity index (χ3n) is 13.6. The molecule has 1 aromatic heterocycles. The molecule has 57 heavy (non-hydrogen) atoms. The Balaban J connectivity index is 1.11. The molecule has 3 aliphatic heterocycles. The van der Waals surface area contributed by atoms with Crippen molar-refractivity contribution < 1.29 is 46.5 Å². The second-order valence-corrected chi connectivity index (χ2v) is 20.6. The third kappa shape index (κ3) is 7.99. The first kappa shape index (κ1) is 39.6. The summed E-state index contributed by atoms with van der Waals surface area (Å²) in [5.74, 6) is -1.32. The van der Waals surface area contributed by atoms with Crippen molar-refractivity contribution in [2.45, 2.75) is 115 Å². The van der Waals surface area contributed by atoms with Crippen molar-refractivity contribution in [3.05, 3.63) is 36.5 Å². The number of esters is 1. The van der Waals surface area contributed by atoms with Gasteiger partial charge < -0.3 is 23.8 Å². The molecule has 0 spiro atoms. The van der Waals surface area contributed by atoms with Gasteiger partial charge in [-0.15, -0.1) is 0 Å². The van der Waals surface area contributed by atoms with Crippen LogP contribution in [0.4, 0.5) is 0 Å². The average Bonchev–Trinajstić information content (AvgIpc) is 4.14. The van der Waals surface area contributed by atoms with Crippen LogP contribution in [0.15, 0.2) is 36.5 Å². The monoisotopic (exact) mass is 805 g/mol. The Morgan fingerprint density at radius 2 is 1.79 bits per heavy atom. The number of nitrogens with one attached hydrogen (secondary N) is 1. The van der Waals surface area contributed by atoms with Crippen LogP contribution in [0.1, 0.15) is 98.3 Å². The maximum atomic E-state index is 15.0. The molecule has 3 aliphatic carbocycles. The number of Topliss-reactive ketones (excluding diaryl/α,β-unsaturated/α-hetero) is 1. The smallest absolute Gasteiger partial charge is 0.306 e. The van der Waals surface area contributed by atoms with E-state index in [1.807, 2.05) is 37.3 Å². The van der Waals surface area contributed by atoms with E-state index in [-0.39, 0.29) is 60.7 Å². The van der Waals surface area contributed by atoms with E-state index in [2.05, 4.69) is 23.6 Å². The maximum absolute atomic E-state index is 15.0. The van der Waals surface area contributed by atoms with Crippen LogP contribution >= 0.6 is 0 Å². The Labute approximate surface area is 334 Å². The van der Waals surface area contributed by atoms with Crippen LogP contribution in [0.5, 0.6) is 17.4 Å². The lowest BCUT2D eigenvalue weighted by molar-refractivity contribution is -0.152. The van der Waals surface area contributed by atoms with Gasteiger partial charge in [-0.1, -0.05) is 32.9 Å². The number of ether oxygens (including phenoxy) is 4. The summed E-state index contributed by atoms with van der Waals surface area (Å²) in [7, 11) is -3.95. The molecule has 4 fully saturated rings. The molecule has 0 radical (unpaired) electrons. The molecule has 13 nitrogen and oxygen atoms in total. The molecule has 4 heterocycles. The van der Waals surface area contributed by atoms with Crippen molar-refractivity contribution in [2.75, 3.05) is 26.4 Å². The number of sulfonamides is 1. The number of pyridine rings is 1. The fraction of sp³-hybridized carbons (Fsp3) is 0.651. The minimum Gasteiger partial charge on any atom is -0.486 e. The number of carbonyl (C=O) groups excluding carboxylic acids is 4. The molecule has 1 N–H and O–H groups in total. The quantitative estimate of drug-likeness (QED) is 0.245. The van der Waals surface area contributed by atoms with Gasteiger partial charge in [0.1, 0.15) is 19.3 Å². The van der Waals surface area contributed by atoms with E-state index in [0.29, 0.717) is 68.3 Å². The Morgan fingerprint density at radius 3 is 2.54 bits per heavy atom. The van der Waals surface area contributed by atoms with Gasteiger partial charge in [0.2, 0.25) is 27.7 Å². The Morgan fingerprint density at radius 1 is 1.02 bits per heavy atom. The largest absolute Gasteiger partial charge is 0.486 e. The molecule has 0 unspecified atom stereocenters. The molecule has 3 saturated carbocycles. The third-order valence-corrected chi connectivity index (χ3v) is 15.7. The molecule has 308 valence electrons. The zero-order chi connectivity index (χ0) is 40.3. The predicted molar refractivity (Wildman–Crippen MR) is 210 cm³/mol. The van der Waals surface area contributed by atoms with Crippen LogP contribution in [0.3, 0.4) is 0 Å². The first-order valence-electron chi connectivity index (χ1n) is 20.7. The number of ketones is 1. The van der Waals surface area contributed by atoms with Gasteiger partial charge in [-0.2, -0.15) is 0 Å². The summed E-state index contributed by atoms with van der Waals surface area (Å²) in [5, 5.41) is 1.44. The van der Waals surface area contributed by atoms with Gasteiger partial charge in [-0.25, -0.2) is 13.4 Å². The molecular weight excluding hydrogens is 751 g/mol. The zero-order valence-corrected chi connectivity index (χ0v) is 34.2. The number of nitrogens with zero attached hydrogens (tertiary/aromatic N) is 2. The number of carbonyl (C=O) groups is 4. The number of amides is 2. The molecule has 0 bridgehead atoms. The van der Waals surface area contributed by atoms with E-state index >= 15 is 0 Å². The van der Waals surface area contributed by atoms with Gasteiger partial charge in [-0.05, 0) is 94.2 Å². The highest BCUT2D eigenvalue weighted by molar-refractivity contribution is 7.91. The van der Waals surface area contributed by atoms with Crippen LogP contribution in [0, 0.1) is 34.5 Å². The van der Waals surface area contributed by atoms with Crippen molar-refractivity contribution in [1.82, 2.24) is 14.6 Å². The van der Waals surface area contributed by atoms with Crippen molar-refractivity contribution >= 4 is 44.4 Å². The first-order valence-corrected chi connectivity index (χ1v) is 22.1. The van der Waals surface area contributed by atoms with E-state index in [0.717, 1.165) is 31.1 Å². The van der Waals surface area contributed by atoms with Crippen LogP contribution in [0.2, 0.25) is 0 Å². The lowest BCUT2D eigenvalue weighted by Gasteiger charge is -2.32. The number of rotatable bonds is 9. The molecule has 1 aromatic carbocycles. The SMILES string of the molecule is C[C@@H]1CC/C=C\[C@@H]2C[C@@]2(C(=O)NS(=O)(=O)C2(C)CC2)CC(=O)[C@@H]2C[C@@H](Oc3nccc4c5c(ccc34)OCCO5)CN2C(=O)[C@@H](CC(=O)OCC2(C)CC2)[C@H](C)C1. The summed E-state index contributed by atoms with van der Waals surface area (Å²) >= 11 is 0. The van der Waals surface area contributed by atoms with Crippen molar-refractivity contribution in [3.63, 3.8) is 0 Å². The lowest BCUT2D eigenvalue weighted by atomic mass is 9.82. The van der Waals surface area contributed by atoms with E-state index in [9.17, 15) is 27.6 Å². The highest BCUT2D eigenvalue weighted by Crippen LogP contribution is 2.58. The van der Waals surface area contributed by atoms with Crippen molar-refractivity contribution in [1.29, 1.82) is 0 Å². The summed E-state index contributed by atoms with van der Waals surface area (Å²) in [6, 6.07) is 4.50. The minimum absolute atomic E-state index is 0.0151. The lowest BCUT2D eigenvalue weighted by Crippen LogP contribution is -2.48. The number of fused-ring (bicyclic) bond motifs is 5. The minimum atomic E-state index is -3.95. The highest BCUT2D eigenvalue weighted by atomic mass is 32.2. The first-order chi connectivity index (χ1) is 27.1. The Hall–Kier alpha value is -4.20. The number of hydrogen-bond acceptors (Lipinski definition) is 11. The summed E-state index contributed by atoms with van der Waals surface area (Å²) in [4.78, 5) is 63.2. The maximum Gasteiger partial charge on any atom is 0.306 e. The van der Waals surface area contributed by atoms with Gasteiger partial charge in [0, 0.05) is 35.2 Å². The summed E-state index contributed by atoms with van der Waals surface area (Å²) in [5.41, 5.74) is -1.28. The van der Waals surface area contributed by atoms with Gasteiger partial charge in [0.15, 0.2) is 17.3 Å². The Bertz CT molecular complexity index is 2090. The normalized spacial score (nSPS) is 32.2. The molecule has 2 amide bonds. The fourth-order valence-corrected chi connectivity index (χ4v) is 10.3. The molecule has 6 aliphatic rings. The molecule has 1 saturated heterocycles. The molecular formula is C43H55N3O10S. The summed E-state index contributed by atoms with van der Waals surface area (Å²) in [6.07, 6.45) is 10.2. The second kappa shape index (κ2) is 14.9. The number of benzene rings is 1. The van der Waals surface area contributed by atoms with Crippen LogP contribution < -0.4 is 18.9 Å². The van der Waals surface area contributed by atoms with Gasteiger partial charge in [0.05, 0.1) is 41.7 Å². The fourth-order valence-electron chi connectivity index (χ4n) is 8.93. The highest BCUT2D eigenvalue weighted by Gasteiger charge is 2.62. The van der Waals surface area contributed by atoms with Crippen LogP contribution in [-0.2, 0) is 33.9 Å². The summed E-state index contributed by atoms with van der Waals surface area (Å²) < 4.78 is 51.9. The topological polar surface area (TPSA) is 168 Å². The van der Waals surface area contributed by atoms with E-state index < -0.39 is 50.1 Å². The van der Waals surface area contributed by atoms with Gasteiger partial charge in [0.25, 0.3) is 0 Å². The van der Waals surface area contributed by atoms with Crippen LogP contribution in [-0.4, -0.2) is 85.1 Å². The number of hydrogen-bond donors (Lipinski definition) is 1. The molecule has 7 atom stereocenters. The van der Waals surface area contributed by atoms with Crippen molar-refractivity contribution in [3.8, 4) is 17.4 Å². The standard InChI is InChI=1S/C43H55N3O10S/c1-26-7-5-6-8-28-22-43(28,40(50)45-57(51,52)42(4)14-15-42)23-34(47)33-20-29(56-38-31-9-10-35-37(54-18-17-53-35)30(31)11-16-44-38)24-46(33)39(49)32(27(2)19-26)21-36(48)55-25-41(3)12-13-41/h6,8-11,16,26-29,32-33H,5,7,12-15,17-25H2,1-4H3,(H,45,50)/b8-6-/t26-,27-,28-,29-,32+,33+,43-/m1/s1. The zero-order valence-electron chi connectivity index (χ0n) is 33.4. The van der Waals surface area contributed by atoms with Crippen LogP contribution in [0.25, 0.3) is 10.8 Å². The van der Waals surface area contributed by atoms with E-state index in [1.54, 1.807) is 18.0 Å². The van der Waals surface area contributed by atoms with Gasteiger partial charge in [-0.3, -0.25) is 23.9 Å². The number of aromatic nitrogens is 1. The van der Waals surface area contributed by atoms with E-state index in [4.69, 9.17) is 18.9 Å². The molecule has 14 heteroatoms. The molecule has 2 aromatic rings. The summed E-state index contributed by atoms with van der Waals surface area (Å²) in [6.45, 7) is 9.03. The average molecular weight is 806 g/mol. The molecule has 8 rings (SSSR count). The van der Waals surface area contributed by atoms with E-state index in [1.165, 1.54) is 0 Å². The number of allylic oxidation sites excluding steroid dienone is 2.